The number of benzene rings is 1. The summed E-state index contributed by atoms with van der Waals surface area (Å²) in [5, 5.41) is 0. The molecule has 1 fully saturated rings. The first-order valence-corrected chi connectivity index (χ1v) is 7.20. The first-order valence-electron chi connectivity index (χ1n) is 6.41. The number of hydrogen-bond donors (Lipinski definition) is 1. The molecule has 0 aliphatic carbocycles. The lowest BCUT2D eigenvalue weighted by Crippen LogP contribution is -2.43. The minimum atomic E-state index is 0.0781. The highest BCUT2D eigenvalue weighted by atomic mass is 79.9. The van der Waals surface area contributed by atoms with Gasteiger partial charge in [0.2, 0.25) is 0 Å². The molecule has 1 aromatic rings. The number of nitrogens with two attached hydrogens (primary N) is 1. The van der Waals surface area contributed by atoms with Gasteiger partial charge in [0.05, 0.1) is 12.6 Å². The van der Waals surface area contributed by atoms with Crippen LogP contribution in [0.2, 0.25) is 0 Å². The Labute approximate surface area is 117 Å². The van der Waals surface area contributed by atoms with Crippen LogP contribution in [0.1, 0.15) is 24.9 Å². The molecule has 1 saturated heterocycles. The van der Waals surface area contributed by atoms with Gasteiger partial charge in [-0.15, -0.1) is 0 Å². The Kier molecular flexibility index (Phi) is 4.78. The summed E-state index contributed by atoms with van der Waals surface area (Å²) in [6, 6.07) is 9.07. The zero-order valence-corrected chi connectivity index (χ0v) is 12.6. The average molecular weight is 313 g/mol. The Morgan fingerprint density at radius 1 is 1.44 bits per heavy atom. The Morgan fingerprint density at radius 2 is 2.17 bits per heavy atom. The second-order valence-corrected chi connectivity index (χ2v) is 5.86. The van der Waals surface area contributed by atoms with E-state index >= 15 is 0 Å². The lowest BCUT2D eigenvalue weighted by atomic mass is 9.98. The van der Waals surface area contributed by atoms with Crippen molar-refractivity contribution in [3.05, 3.63) is 34.3 Å². The molecule has 100 valence electrons. The zero-order valence-electron chi connectivity index (χ0n) is 11.0. The highest BCUT2D eigenvalue weighted by Gasteiger charge is 2.30. The molecule has 0 amide bonds. The van der Waals surface area contributed by atoms with Crippen LogP contribution in [-0.2, 0) is 4.74 Å². The Hall–Kier alpha value is -0.420. The van der Waals surface area contributed by atoms with E-state index in [4.69, 9.17) is 10.5 Å². The van der Waals surface area contributed by atoms with Crippen LogP contribution < -0.4 is 5.73 Å². The number of hydrogen-bond acceptors (Lipinski definition) is 3. The van der Waals surface area contributed by atoms with Gasteiger partial charge >= 0.3 is 0 Å². The van der Waals surface area contributed by atoms with E-state index in [1.807, 2.05) is 6.07 Å². The van der Waals surface area contributed by atoms with Crippen molar-refractivity contribution in [3.63, 3.8) is 0 Å². The highest BCUT2D eigenvalue weighted by Crippen LogP contribution is 2.31. The average Bonchev–Trinajstić information content (AvgIpc) is 2.85. The van der Waals surface area contributed by atoms with E-state index in [0.29, 0.717) is 6.04 Å². The quantitative estimate of drug-likeness (QED) is 0.928. The molecule has 1 aliphatic heterocycles. The van der Waals surface area contributed by atoms with Crippen molar-refractivity contribution in [1.82, 2.24) is 4.90 Å². The van der Waals surface area contributed by atoms with Crippen LogP contribution in [0.4, 0.5) is 0 Å². The predicted molar refractivity (Wildman–Crippen MR) is 77.5 cm³/mol. The summed E-state index contributed by atoms with van der Waals surface area (Å²) in [5.74, 6) is 0. The maximum atomic E-state index is 6.20. The standard InChI is InChI=1S/C14H21BrN2O/c1-10(16)14(12-5-3-4-6-13(12)15)17(2)11-7-8-18-9-11/h3-6,10-11,14H,7-9,16H2,1-2H3. The predicted octanol–water partition coefficient (Wildman–Crippen LogP) is 2.56. The summed E-state index contributed by atoms with van der Waals surface area (Å²) < 4.78 is 6.60. The highest BCUT2D eigenvalue weighted by molar-refractivity contribution is 9.10. The van der Waals surface area contributed by atoms with E-state index in [-0.39, 0.29) is 12.1 Å². The van der Waals surface area contributed by atoms with Crippen LogP contribution in [0.3, 0.4) is 0 Å². The molecule has 1 heterocycles. The Morgan fingerprint density at radius 3 is 2.72 bits per heavy atom. The third-order valence-corrected chi connectivity index (χ3v) is 4.36. The lowest BCUT2D eigenvalue weighted by Gasteiger charge is -2.35. The van der Waals surface area contributed by atoms with Gasteiger partial charge in [-0.25, -0.2) is 0 Å². The second-order valence-electron chi connectivity index (χ2n) is 5.01. The molecule has 18 heavy (non-hydrogen) atoms. The monoisotopic (exact) mass is 312 g/mol. The largest absolute Gasteiger partial charge is 0.380 e. The van der Waals surface area contributed by atoms with Crippen LogP contribution in [0.5, 0.6) is 0 Å². The Bertz CT molecular complexity index is 391. The molecule has 3 unspecified atom stereocenters. The number of likely N-dealkylation sites (N-methyl/N-ethyl adjacent to an activating group) is 1. The maximum absolute atomic E-state index is 6.20. The third-order valence-electron chi connectivity index (χ3n) is 3.64. The van der Waals surface area contributed by atoms with Gasteiger partial charge in [-0.2, -0.15) is 0 Å². The normalized spacial score (nSPS) is 23.3. The first-order chi connectivity index (χ1) is 8.61. The summed E-state index contributed by atoms with van der Waals surface area (Å²) in [6.45, 7) is 3.73. The van der Waals surface area contributed by atoms with Crippen LogP contribution >= 0.6 is 15.9 Å². The molecule has 0 bridgehead atoms. The molecule has 2 rings (SSSR count). The van der Waals surface area contributed by atoms with E-state index in [1.54, 1.807) is 0 Å². The van der Waals surface area contributed by atoms with Crippen molar-refractivity contribution in [1.29, 1.82) is 0 Å². The SMILES string of the molecule is CC(N)C(c1ccccc1Br)N(C)C1CCOC1. The molecule has 0 saturated carbocycles. The second kappa shape index (κ2) is 6.15. The fourth-order valence-corrected chi connectivity index (χ4v) is 3.18. The number of ether oxygens (including phenoxy) is 1. The van der Waals surface area contributed by atoms with Crippen molar-refractivity contribution >= 4 is 15.9 Å². The van der Waals surface area contributed by atoms with E-state index in [1.165, 1.54) is 5.56 Å². The maximum Gasteiger partial charge on any atom is 0.0622 e. The molecule has 3 nitrogen and oxygen atoms in total. The number of nitrogens with zero attached hydrogens (tertiary/aromatic N) is 1. The molecule has 2 N–H and O–H groups in total. The summed E-state index contributed by atoms with van der Waals surface area (Å²) >= 11 is 3.63. The van der Waals surface area contributed by atoms with E-state index in [9.17, 15) is 0 Å². The van der Waals surface area contributed by atoms with Crippen molar-refractivity contribution in [3.8, 4) is 0 Å². The molecule has 1 aromatic carbocycles. The van der Waals surface area contributed by atoms with Crippen LogP contribution in [-0.4, -0.2) is 37.2 Å². The van der Waals surface area contributed by atoms with Crippen LogP contribution in [0, 0.1) is 0 Å². The fourth-order valence-electron chi connectivity index (χ4n) is 2.66. The molecule has 0 aromatic heterocycles. The molecular formula is C14H21BrN2O. The van der Waals surface area contributed by atoms with E-state index < -0.39 is 0 Å². The summed E-state index contributed by atoms with van der Waals surface area (Å²) in [4.78, 5) is 2.36. The minimum Gasteiger partial charge on any atom is -0.380 e. The van der Waals surface area contributed by atoms with Crippen LogP contribution in [0.25, 0.3) is 0 Å². The topological polar surface area (TPSA) is 38.5 Å². The van der Waals surface area contributed by atoms with Gasteiger partial charge in [0.15, 0.2) is 0 Å². The lowest BCUT2D eigenvalue weighted by molar-refractivity contribution is 0.122. The van der Waals surface area contributed by atoms with Gasteiger partial charge in [0.25, 0.3) is 0 Å². The van der Waals surface area contributed by atoms with Crippen molar-refractivity contribution in [2.24, 2.45) is 5.73 Å². The molecule has 1 aliphatic rings. The van der Waals surface area contributed by atoms with Crippen molar-refractivity contribution in [2.45, 2.75) is 31.5 Å². The molecule has 0 radical (unpaired) electrons. The first kappa shape index (κ1) is 14.0. The zero-order chi connectivity index (χ0) is 13.1. The molecule has 3 atom stereocenters. The molecule has 4 heteroatoms. The van der Waals surface area contributed by atoms with Gasteiger partial charge in [-0.05, 0) is 32.0 Å². The Balaban J connectivity index is 2.25. The van der Waals surface area contributed by atoms with Crippen molar-refractivity contribution in [2.75, 3.05) is 20.3 Å². The van der Waals surface area contributed by atoms with E-state index in [2.05, 4.69) is 53.0 Å². The minimum absolute atomic E-state index is 0.0781. The van der Waals surface area contributed by atoms with Gasteiger partial charge < -0.3 is 10.5 Å². The van der Waals surface area contributed by atoms with Gasteiger partial charge in [0.1, 0.15) is 0 Å². The van der Waals surface area contributed by atoms with Gasteiger partial charge in [0, 0.05) is 23.2 Å². The number of rotatable bonds is 4. The molecular weight excluding hydrogens is 292 g/mol. The van der Waals surface area contributed by atoms with Gasteiger partial charge in [-0.3, -0.25) is 4.90 Å². The molecule has 0 spiro atoms. The van der Waals surface area contributed by atoms with Gasteiger partial charge in [-0.1, -0.05) is 34.1 Å². The van der Waals surface area contributed by atoms with Crippen molar-refractivity contribution < 1.29 is 4.74 Å². The summed E-state index contributed by atoms with van der Waals surface area (Å²) in [7, 11) is 2.15. The fraction of sp³-hybridized carbons (Fsp3) is 0.571. The summed E-state index contributed by atoms with van der Waals surface area (Å²) in [5.41, 5.74) is 7.45. The number of halogens is 1. The van der Waals surface area contributed by atoms with E-state index in [0.717, 1.165) is 24.1 Å². The third kappa shape index (κ3) is 2.94. The smallest absolute Gasteiger partial charge is 0.0622 e. The van der Waals surface area contributed by atoms with Crippen LogP contribution in [0.15, 0.2) is 28.7 Å². The summed E-state index contributed by atoms with van der Waals surface area (Å²) in [6.07, 6.45) is 1.09.